The Kier molecular flexibility index (Phi) is 3.45. The van der Waals surface area contributed by atoms with Gasteiger partial charge in [-0.3, -0.25) is 0 Å². The van der Waals surface area contributed by atoms with Crippen molar-refractivity contribution in [1.82, 2.24) is 15.0 Å². The van der Waals surface area contributed by atoms with Crippen molar-refractivity contribution in [3.05, 3.63) is 6.20 Å². The number of nitrogen functional groups attached to an aromatic ring is 1. The normalized spacial score (nSPS) is 11.8. The number of hydrogen-bond acceptors (Lipinski definition) is 5. The van der Waals surface area contributed by atoms with E-state index < -0.39 is 9.84 Å². The molecule has 0 atom stereocenters. The number of anilines is 1. The molecule has 0 aromatic carbocycles. The molecule has 0 unspecified atom stereocenters. The lowest BCUT2D eigenvalue weighted by molar-refractivity contribution is 0.507. The Hall–Kier alpha value is -1.11. The Bertz CT molecular complexity index is 384. The summed E-state index contributed by atoms with van der Waals surface area (Å²) in [6, 6.07) is 0. The zero-order chi connectivity index (χ0) is 10.6. The zero-order valence-corrected chi connectivity index (χ0v) is 8.87. The zero-order valence-electron chi connectivity index (χ0n) is 8.05. The van der Waals surface area contributed by atoms with Gasteiger partial charge in [0.25, 0.3) is 0 Å². The maximum atomic E-state index is 10.8. The minimum absolute atomic E-state index is 0.212. The van der Waals surface area contributed by atoms with Crippen LogP contribution in [-0.2, 0) is 16.4 Å². The molecule has 0 bridgehead atoms. The van der Waals surface area contributed by atoms with Crippen LogP contribution in [0.5, 0.6) is 0 Å². The Morgan fingerprint density at radius 2 is 2.21 bits per heavy atom. The standard InChI is InChI=1S/C7H14N4O2S/c1-14(12,13)5-3-2-4-11-9-6-7(8)10-11/h6H,2-5H2,1H3,(H2,8,10). The molecule has 0 aliphatic carbocycles. The molecule has 1 rings (SSSR count). The summed E-state index contributed by atoms with van der Waals surface area (Å²) in [5.74, 6) is 0.595. The first kappa shape index (κ1) is 11.0. The molecule has 6 nitrogen and oxygen atoms in total. The van der Waals surface area contributed by atoms with Gasteiger partial charge in [-0.1, -0.05) is 0 Å². The van der Waals surface area contributed by atoms with Crippen LogP contribution >= 0.6 is 0 Å². The van der Waals surface area contributed by atoms with Crippen LogP contribution in [0.25, 0.3) is 0 Å². The lowest BCUT2D eigenvalue weighted by atomic mass is 10.3. The summed E-state index contributed by atoms with van der Waals surface area (Å²) < 4.78 is 21.6. The van der Waals surface area contributed by atoms with Crippen LogP contribution in [-0.4, -0.2) is 35.4 Å². The molecule has 0 radical (unpaired) electrons. The van der Waals surface area contributed by atoms with Gasteiger partial charge in [-0.2, -0.15) is 9.90 Å². The van der Waals surface area contributed by atoms with E-state index in [0.29, 0.717) is 18.8 Å². The molecule has 0 fully saturated rings. The van der Waals surface area contributed by atoms with Gasteiger partial charge in [0.1, 0.15) is 9.84 Å². The second-order valence-corrected chi connectivity index (χ2v) is 5.46. The highest BCUT2D eigenvalue weighted by atomic mass is 32.2. The van der Waals surface area contributed by atoms with Crippen molar-refractivity contribution in [3.63, 3.8) is 0 Å². The van der Waals surface area contributed by atoms with Crippen LogP contribution in [0.3, 0.4) is 0 Å². The van der Waals surface area contributed by atoms with Gasteiger partial charge in [-0.15, -0.1) is 5.10 Å². The lowest BCUT2D eigenvalue weighted by Crippen LogP contribution is -2.07. The molecular weight excluding hydrogens is 204 g/mol. The lowest BCUT2D eigenvalue weighted by Gasteiger charge is -1.99. The number of rotatable bonds is 5. The predicted octanol–water partition coefficient (Wildman–Crippen LogP) is -0.315. The minimum atomic E-state index is -2.85. The molecule has 0 spiro atoms. The highest BCUT2D eigenvalue weighted by Crippen LogP contribution is 1.98. The summed E-state index contributed by atoms with van der Waals surface area (Å²) in [5, 5.41) is 7.76. The van der Waals surface area contributed by atoms with E-state index >= 15 is 0 Å². The van der Waals surface area contributed by atoms with E-state index in [-0.39, 0.29) is 5.75 Å². The molecule has 0 saturated carbocycles. The molecule has 1 aromatic heterocycles. The first-order chi connectivity index (χ1) is 6.47. The molecule has 2 N–H and O–H groups in total. The van der Waals surface area contributed by atoms with E-state index in [1.807, 2.05) is 0 Å². The third-order valence-electron chi connectivity index (χ3n) is 1.68. The number of hydrogen-bond donors (Lipinski definition) is 1. The predicted molar refractivity (Wildman–Crippen MR) is 53.4 cm³/mol. The molecule has 14 heavy (non-hydrogen) atoms. The topological polar surface area (TPSA) is 90.9 Å². The van der Waals surface area contributed by atoms with Gasteiger partial charge >= 0.3 is 0 Å². The third kappa shape index (κ3) is 4.22. The molecule has 0 amide bonds. The highest BCUT2D eigenvalue weighted by Gasteiger charge is 2.02. The number of unbranched alkanes of at least 4 members (excludes halogenated alkanes) is 1. The summed E-state index contributed by atoms with van der Waals surface area (Å²) in [6.07, 6.45) is 4.06. The number of aromatic nitrogens is 3. The smallest absolute Gasteiger partial charge is 0.165 e. The van der Waals surface area contributed by atoms with Crippen molar-refractivity contribution in [2.45, 2.75) is 19.4 Å². The Labute approximate surface area is 83.0 Å². The van der Waals surface area contributed by atoms with Gasteiger partial charge in [-0.05, 0) is 12.8 Å². The first-order valence-electron chi connectivity index (χ1n) is 4.31. The van der Waals surface area contributed by atoms with Gasteiger partial charge in [0.05, 0.1) is 12.7 Å². The average molecular weight is 218 g/mol. The molecular formula is C7H14N4O2S. The molecule has 1 aromatic rings. The molecule has 0 saturated heterocycles. The van der Waals surface area contributed by atoms with Crippen molar-refractivity contribution >= 4 is 15.7 Å². The average Bonchev–Trinajstić information content (AvgIpc) is 2.44. The van der Waals surface area contributed by atoms with Crippen molar-refractivity contribution in [3.8, 4) is 0 Å². The van der Waals surface area contributed by atoms with Gasteiger partial charge in [-0.25, -0.2) is 8.42 Å². The van der Waals surface area contributed by atoms with Gasteiger partial charge < -0.3 is 5.73 Å². The Morgan fingerprint density at radius 1 is 1.50 bits per heavy atom. The summed E-state index contributed by atoms with van der Waals surface area (Å²) in [5.41, 5.74) is 5.36. The third-order valence-corrected chi connectivity index (χ3v) is 2.71. The largest absolute Gasteiger partial charge is 0.381 e. The summed E-state index contributed by atoms with van der Waals surface area (Å²) in [7, 11) is -2.85. The van der Waals surface area contributed by atoms with Crippen LogP contribution in [0.2, 0.25) is 0 Å². The summed E-state index contributed by atoms with van der Waals surface area (Å²) >= 11 is 0. The van der Waals surface area contributed by atoms with Gasteiger partial charge in [0.2, 0.25) is 0 Å². The van der Waals surface area contributed by atoms with E-state index in [2.05, 4.69) is 10.2 Å². The Balaban J connectivity index is 2.23. The summed E-state index contributed by atoms with van der Waals surface area (Å²) in [6.45, 7) is 0.604. The highest BCUT2D eigenvalue weighted by molar-refractivity contribution is 7.90. The second kappa shape index (κ2) is 4.41. The van der Waals surface area contributed by atoms with Crippen molar-refractivity contribution in [1.29, 1.82) is 0 Å². The van der Waals surface area contributed by atoms with Crippen molar-refractivity contribution < 1.29 is 8.42 Å². The number of nitrogens with two attached hydrogens (primary N) is 1. The van der Waals surface area contributed by atoms with E-state index in [9.17, 15) is 8.42 Å². The van der Waals surface area contributed by atoms with Crippen LogP contribution in [0.15, 0.2) is 6.20 Å². The van der Waals surface area contributed by atoms with Crippen LogP contribution in [0.4, 0.5) is 5.82 Å². The fourth-order valence-corrected chi connectivity index (χ4v) is 1.76. The van der Waals surface area contributed by atoms with Crippen LogP contribution in [0, 0.1) is 0 Å². The van der Waals surface area contributed by atoms with E-state index in [4.69, 9.17) is 5.73 Å². The van der Waals surface area contributed by atoms with Gasteiger partial charge in [0.15, 0.2) is 5.82 Å². The molecule has 1 heterocycles. The van der Waals surface area contributed by atoms with E-state index in [1.165, 1.54) is 17.2 Å². The monoisotopic (exact) mass is 218 g/mol. The number of sulfone groups is 1. The van der Waals surface area contributed by atoms with E-state index in [1.54, 1.807) is 0 Å². The molecule has 0 aliphatic rings. The molecule has 7 heteroatoms. The van der Waals surface area contributed by atoms with Crippen LogP contribution in [0.1, 0.15) is 12.8 Å². The minimum Gasteiger partial charge on any atom is -0.381 e. The summed E-state index contributed by atoms with van der Waals surface area (Å²) in [4.78, 5) is 1.47. The number of aryl methyl sites for hydroxylation is 1. The maximum absolute atomic E-state index is 10.8. The first-order valence-corrected chi connectivity index (χ1v) is 6.37. The number of nitrogens with zero attached hydrogens (tertiary/aromatic N) is 3. The Morgan fingerprint density at radius 3 is 2.71 bits per heavy atom. The molecule has 80 valence electrons. The maximum Gasteiger partial charge on any atom is 0.165 e. The van der Waals surface area contributed by atoms with E-state index in [0.717, 1.165) is 6.42 Å². The van der Waals surface area contributed by atoms with Crippen molar-refractivity contribution in [2.75, 3.05) is 17.7 Å². The SMILES string of the molecule is CS(=O)(=O)CCCCn1ncc(N)n1. The fourth-order valence-electron chi connectivity index (χ4n) is 1.04. The van der Waals surface area contributed by atoms with Gasteiger partial charge in [0, 0.05) is 12.0 Å². The quantitative estimate of drug-likeness (QED) is 0.684. The van der Waals surface area contributed by atoms with Crippen LogP contribution < -0.4 is 5.73 Å². The second-order valence-electron chi connectivity index (χ2n) is 3.20. The fraction of sp³-hybridized carbons (Fsp3) is 0.714. The van der Waals surface area contributed by atoms with Crippen molar-refractivity contribution in [2.24, 2.45) is 0 Å². The molecule has 0 aliphatic heterocycles.